The molecule has 1 aromatic heterocycles. The first-order valence-corrected chi connectivity index (χ1v) is 11.0. The Balaban J connectivity index is 1.97. The summed E-state index contributed by atoms with van der Waals surface area (Å²) in [6.45, 7) is 1.96. The van der Waals surface area contributed by atoms with Crippen LogP contribution in [0.4, 0.5) is 0 Å². The summed E-state index contributed by atoms with van der Waals surface area (Å²) in [5.41, 5.74) is 1.17. The lowest BCUT2D eigenvalue weighted by Gasteiger charge is -2.12. The largest absolute Gasteiger partial charge is 0.452 e. The molecule has 4 rings (SSSR count). The molecule has 3 aromatic carbocycles. The van der Waals surface area contributed by atoms with E-state index in [4.69, 9.17) is 20.2 Å². The highest BCUT2D eigenvalue weighted by atomic mass is 35.5. The Morgan fingerprint density at radius 1 is 0.967 bits per heavy atom. The van der Waals surface area contributed by atoms with Crippen LogP contribution in [0.25, 0.3) is 22.3 Å². The highest BCUT2D eigenvalue weighted by Gasteiger charge is 2.25. The van der Waals surface area contributed by atoms with Gasteiger partial charge in [-0.15, -0.1) is 0 Å². The van der Waals surface area contributed by atoms with Crippen LogP contribution in [0, 0.1) is 0 Å². The summed E-state index contributed by atoms with van der Waals surface area (Å²) < 4.78 is 37.0. The van der Waals surface area contributed by atoms with E-state index < -0.39 is 15.5 Å². The van der Waals surface area contributed by atoms with Gasteiger partial charge in [0.25, 0.3) is 0 Å². The zero-order valence-corrected chi connectivity index (χ0v) is 17.5. The molecule has 0 aliphatic carbocycles. The highest BCUT2D eigenvalue weighted by molar-refractivity contribution is 7.87. The zero-order valence-electron chi connectivity index (χ0n) is 16.0. The molecule has 30 heavy (non-hydrogen) atoms. The van der Waals surface area contributed by atoms with Gasteiger partial charge >= 0.3 is 10.1 Å². The quantitative estimate of drug-likeness (QED) is 0.386. The van der Waals surface area contributed by atoms with Crippen LogP contribution in [0.3, 0.4) is 0 Å². The lowest BCUT2D eigenvalue weighted by atomic mass is 10.1. The fourth-order valence-electron chi connectivity index (χ4n) is 3.06. The van der Waals surface area contributed by atoms with E-state index in [1.54, 1.807) is 54.6 Å². The van der Waals surface area contributed by atoms with Gasteiger partial charge in [-0.05, 0) is 60.5 Å². The van der Waals surface area contributed by atoms with Crippen molar-refractivity contribution >= 4 is 32.7 Å². The minimum atomic E-state index is -4.24. The minimum absolute atomic E-state index is 0.0212. The predicted molar refractivity (Wildman–Crippen MR) is 117 cm³/mol. The molecular weight excluding hydrogens is 424 g/mol. The van der Waals surface area contributed by atoms with Gasteiger partial charge in [0, 0.05) is 10.6 Å². The van der Waals surface area contributed by atoms with E-state index in [0.29, 0.717) is 22.6 Å². The van der Waals surface area contributed by atoms with Crippen molar-refractivity contribution in [3.05, 3.63) is 93.6 Å². The van der Waals surface area contributed by atoms with Crippen molar-refractivity contribution in [1.29, 1.82) is 0 Å². The summed E-state index contributed by atoms with van der Waals surface area (Å²) in [5, 5.41) is 0.749. The monoisotopic (exact) mass is 440 g/mol. The standard InChI is InChI=1S/C23H17ClO5S/c1-2-15-8-13-20-19(14-15)21(25)23(22(28-20)16-9-11-17(24)12-10-16)29-30(26,27)18-6-4-3-5-7-18/h3-14H,2H2,1H3. The van der Waals surface area contributed by atoms with E-state index in [-0.39, 0.29) is 21.8 Å². The van der Waals surface area contributed by atoms with E-state index in [9.17, 15) is 13.2 Å². The SMILES string of the molecule is CCc1ccc2oc(-c3ccc(Cl)cc3)c(OS(=O)(=O)c3ccccc3)c(=O)c2c1. The van der Waals surface area contributed by atoms with Crippen LogP contribution in [-0.4, -0.2) is 8.42 Å². The predicted octanol–water partition coefficient (Wildman–Crippen LogP) is 5.44. The van der Waals surface area contributed by atoms with Gasteiger partial charge in [-0.25, -0.2) is 0 Å². The Hall–Kier alpha value is -3.09. The fourth-order valence-corrected chi connectivity index (χ4v) is 4.14. The van der Waals surface area contributed by atoms with E-state index in [1.165, 1.54) is 12.1 Å². The summed E-state index contributed by atoms with van der Waals surface area (Å²) in [6.07, 6.45) is 0.715. The molecule has 152 valence electrons. The topological polar surface area (TPSA) is 73.6 Å². The number of fused-ring (bicyclic) bond motifs is 1. The molecule has 0 fully saturated rings. The molecule has 7 heteroatoms. The second kappa shape index (κ2) is 7.97. The zero-order chi connectivity index (χ0) is 21.3. The molecule has 0 aliphatic heterocycles. The van der Waals surface area contributed by atoms with Crippen molar-refractivity contribution in [2.45, 2.75) is 18.2 Å². The molecule has 0 amide bonds. The molecule has 0 saturated heterocycles. The van der Waals surface area contributed by atoms with E-state index in [0.717, 1.165) is 5.56 Å². The van der Waals surface area contributed by atoms with Crippen LogP contribution < -0.4 is 9.61 Å². The lowest BCUT2D eigenvalue weighted by Crippen LogP contribution is -2.17. The lowest BCUT2D eigenvalue weighted by molar-refractivity contribution is 0.472. The summed E-state index contributed by atoms with van der Waals surface area (Å²) >= 11 is 5.97. The third-order valence-electron chi connectivity index (χ3n) is 4.65. The van der Waals surface area contributed by atoms with Gasteiger partial charge in [0.05, 0.1) is 5.39 Å². The second-order valence-electron chi connectivity index (χ2n) is 6.63. The molecule has 0 spiro atoms. The third-order valence-corrected chi connectivity index (χ3v) is 6.14. The maximum absolute atomic E-state index is 13.3. The van der Waals surface area contributed by atoms with Gasteiger partial charge in [-0.2, -0.15) is 8.42 Å². The van der Waals surface area contributed by atoms with Crippen molar-refractivity contribution < 1.29 is 17.0 Å². The number of hydrogen-bond donors (Lipinski definition) is 0. The molecule has 0 unspecified atom stereocenters. The van der Waals surface area contributed by atoms with Crippen LogP contribution in [-0.2, 0) is 16.5 Å². The normalized spacial score (nSPS) is 11.5. The minimum Gasteiger partial charge on any atom is -0.452 e. The molecule has 0 atom stereocenters. The van der Waals surface area contributed by atoms with E-state index in [1.807, 2.05) is 13.0 Å². The number of halogens is 1. The second-order valence-corrected chi connectivity index (χ2v) is 8.61. The average Bonchev–Trinajstić information content (AvgIpc) is 2.76. The van der Waals surface area contributed by atoms with Crippen molar-refractivity contribution in [3.8, 4) is 17.1 Å². The van der Waals surface area contributed by atoms with Crippen LogP contribution >= 0.6 is 11.6 Å². The van der Waals surface area contributed by atoms with Gasteiger partial charge < -0.3 is 8.60 Å². The summed E-state index contributed by atoms with van der Waals surface area (Å²) in [5.74, 6) is -0.366. The molecule has 5 nitrogen and oxygen atoms in total. The molecule has 0 aliphatic rings. The van der Waals surface area contributed by atoms with Gasteiger partial charge in [0.1, 0.15) is 10.5 Å². The Bertz CT molecular complexity index is 1380. The fraction of sp³-hybridized carbons (Fsp3) is 0.0870. The summed E-state index contributed by atoms with van der Waals surface area (Å²) in [7, 11) is -4.24. The Morgan fingerprint density at radius 3 is 2.33 bits per heavy atom. The van der Waals surface area contributed by atoms with Crippen molar-refractivity contribution in [2.75, 3.05) is 0 Å². The molecular formula is C23H17ClO5S. The molecule has 0 N–H and O–H groups in total. The average molecular weight is 441 g/mol. The molecule has 0 radical (unpaired) electrons. The maximum Gasteiger partial charge on any atom is 0.339 e. The van der Waals surface area contributed by atoms with Crippen molar-refractivity contribution in [2.24, 2.45) is 0 Å². The molecule has 0 saturated carbocycles. The Kier molecular flexibility index (Phi) is 5.37. The first kappa shape index (κ1) is 20.2. The summed E-state index contributed by atoms with van der Waals surface area (Å²) in [4.78, 5) is 13.2. The first-order valence-electron chi connectivity index (χ1n) is 9.24. The van der Waals surface area contributed by atoms with Crippen molar-refractivity contribution in [1.82, 2.24) is 0 Å². The smallest absolute Gasteiger partial charge is 0.339 e. The molecule has 4 aromatic rings. The number of hydrogen-bond acceptors (Lipinski definition) is 5. The van der Waals surface area contributed by atoms with Crippen LogP contribution in [0.2, 0.25) is 5.02 Å². The third kappa shape index (κ3) is 3.84. The summed E-state index contributed by atoms with van der Waals surface area (Å²) in [6, 6.07) is 19.4. The van der Waals surface area contributed by atoms with Gasteiger partial charge in [-0.1, -0.05) is 42.8 Å². The first-order chi connectivity index (χ1) is 14.4. The van der Waals surface area contributed by atoms with Gasteiger partial charge in [0.15, 0.2) is 5.76 Å². The molecule has 1 heterocycles. The van der Waals surface area contributed by atoms with Gasteiger partial charge in [0.2, 0.25) is 11.2 Å². The van der Waals surface area contributed by atoms with Crippen molar-refractivity contribution in [3.63, 3.8) is 0 Å². The molecule has 0 bridgehead atoms. The number of rotatable bonds is 5. The highest BCUT2D eigenvalue weighted by Crippen LogP contribution is 2.33. The Morgan fingerprint density at radius 2 is 1.67 bits per heavy atom. The number of benzene rings is 3. The van der Waals surface area contributed by atoms with Gasteiger partial charge in [-0.3, -0.25) is 4.79 Å². The van der Waals surface area contributed by atoms with E-state index in [2.05, 4.69) is 0 Å². The van der Waals surface area contributed by atoms with Crippen LogP contribution in [0.15, 0.2) is 86.9 Å². The number of aryl methyl sites for hydroxylation is 1. The van der Waals surface area contributed by atoms with Crippen LogP contribution in [0.1, 0.15) is 12.5 Å². The Labute approximate surface area is 178 Å². The maximum atomic E-state index is 13.3. The van der Waals surface area contributed by atoms with Crippen LogP contribution in [0.5, 0.6) is 5.75 Å². The van der Waals surface area contributed by atoms with E-state index >= 15 is 0 Å².